The van der Waals surface area contributed by atoms with Crippen LogP contribution in [-0.2, 0) is 27.4 Å². The lowest BCUT2D eigenvalue weighted by atomic mass is 9.92. The molecule has 0 unspecified atom stereocenters. The van der Waals surface area contributed by atoms with E-state index in [1.807, 2.05) is 30.3 Å². The molecule has 1 fully saturated rings. The van der Waals surface area contributed by atoms with E-state index in [1.165, 1.54) is 10.7 Å². The number of carbonyl (C=O) groups is 3. The molecule has 3 aromatic rings. The lowest BCUT2D eigenvalue weighted by Crippen LogP contribution is -2.46. The molecule has 1 aromatic heterocycles. The van der Waals surface area contributed by atoms with Gasteiger partial charge in [-0.05, 0) is 37.5 Å². The van der Waals surface area contributed by atoms with E-state index in [4.69, 9.17) is 18.9 Å². The van der Waals surface area contributed by atoms with E-state index < -0.39 is 17.8 Å². The number of aromatic nitrogens is 2. The van der Waals surface area contributed by atoms with Crippen LogP contribution in [0.25, 0.3) is 0 Å². The molecule has 1 saturated carbocycles. The van der Waals surface area contributed by atoms with Crippen LogP contribution in [0.3, 0.4) is 0 Å². The average Bonchev–Trinajstić information content (AvgIpc) is 3.60. The molecule has 0 saturated heterocycles. The highest BCUT2D eigenvalue weighted by Crippen LogP contribution is 2.34. The van der Waals surface area contributed by atoms with Crippen molar-refractivity contribution >= 4 is 23.5 Å². The Kier molecular flexibility index (Phi) is 8.60. The Balaban J connectivity index is 1.29. The van der Waals surface area contributed by atoms with Gasteiger partial charge in [-0.25, -0.2) is 9.48 Å². The Labute approximate surface area is 231 Å². The minimum atomic E-state index is -0.673. The van der Waals surface area contributed by atoms with Gasteiger partial charge >= 0.3 is 5.97 Å². The van der Waals surface area contributed by atoms with Gasteiger partial charge < -0.3 is 29.6 Å². The highest BCUT2D eigenvalue weighted by Gasteiger charge is 2.30. The van der Waals surface area contributed by atoms with E-state index in [-0.39, 0.29) is 43.5 Å². The summed E-state index contributed by atoms with van der Waals surface area (Å²) in [6.45, 7) is 2.10. The molecule has 2 atom stereocenters. The van der Waals surface area contributed by atoms with Crippen molar-refractivity contribution in [3.63, 3.8) is 0 Å². The van der Waals surface area contributed by atoms with Gasteiger partial charge in [0.1, 0.15) is 12.2 Å². The number of ether oxygens (including phenoxy) is 4. The third-order valence-electron chi connectivity index (χ3n) is 6.77. The first kappa shape index (κ1) is 27.2. The summed E-state index contributed by atoms with van der Waals surface area (Å²) >= 11 is 0. The molecule has 0 radical (unpaired) electrons. The van der Waals surface area contributed by atoms with Gasteiger partial charge in [-0.1, -0.05) is 43.2 Å². The van der Waals surface area contributed by atoms with Crippen LogP contribution in [0.1, 0.15) is 59.1 Å². The zero-order valence-electron chi connectivity index (χ0n) is 22.3. The summed E-state index contributed by atoms with van der Waals surface area (Å²) in [4.78, 5) is 38.8. The van der Waals surface area contributed by atoms with Crippen molar-refractivity contribution in [2.45, 2.75) is 57.9 Å². The first-order valence-corrected chi connectivity index (χ1v) is 13.4. The van der Waals surface area contributed by atoms with Crippen molar-refractivity contribution in [1.82, 2.24) is 15.1 Å². The van der Waals surface area contributed by atoms with Gasteiger partial charge in [-0.2, -0.15) is 5.10 Å². The Morgan fingerprint density at radius 3 is 2.65 bits per heavy atom. The topological polar surface area (TPSA) is 130 Å². The van der Waals surface area contributed by atoms with Crippen LogP contribution in [0, 0.1) is 0 Å². The van der Waals surface area contributed by atoms with Crippen molar-refractivity contribution in [1.29, 1.82) is 0 Å². The van der Waals surface area contributed by atoms with Gasteiger partial charge in [0.2, 0.25) is 12.7 Å². The maximum Gasteiger partial charge on any atom is 0.358 e. The third-order valence-corrected chi connectivity index (χ3v) is 6.77. The highest BCUT2D eigenvalue weighted by molar-refractivity contribution is 5.97. The smallest absolute Gasteiger partial charge is 0.358 e. The number of hydrogen-bond donors (Lipinski definition) is 2. The number of fused-ring (bicyclic) bond motifs is 1. The monoisotopic (exact) mass is 548 g/mol. The Bertz CT molecular complexity index is 1360. The highest BCUT2D eigenvalue weighted by atomic mass is 16.7. The fraction of sp³-hybridized carbons (Fsp3) is 0.379. The fourth-order valence-electron chi connectivity index (χ4n) is 4.82. The molecule has 2 amide bonds. The molecule has 0 spiro atoms. The molecular formula is C29H32N4O7. The zero-order valence-corrected chi connectivity index (χ0v) is 22.3. The number of carbonyl (C=O) groups excluding carboxylic acids is 3. The number of benzene rings is 2. The largest absolute Gasteiger partial charge is 0.461 e. The number of esters is 1. The Morgan fingerprint density at radius 2 is 1.82 bits per heavy atom. The number of amides is 2. The molecule has 2 aromatic carbocycles. The number of anilines is 1. The summed E-state index contributed by atoms with van der Waals surface area (Å²) in [5, 5.41) is 10.0. The maximum absolute atomic E-state index is 13.5. The van der Waals surface area contributed by atoms with Crippen LogP contribution in [0.5, 0.6) is 11.5 Å². The maximum atomic E-state index is 13.5. The van der Waals surface area contributed by atoms with Crippen molar-refractivity contribution < 1.29 is 33.3 Å². The first-order chi connectivity index (χ1) is 19.5. The molecule has 2 N–H and O–H groups in total. The van der Waals surface area contributed by atoms with Crippen LogP contribution >= 0.6 is 0 Å². The lowest BCUT2D eigenvalue weighted by Gasteiger charge is -2.32. The van der Waals surface area contributed by atoms with E-state index in [1.54, 1.807) is 25.1 Å². The van der Waals surface area contributed by atoms with Crippen LogP contribution in [0.4, 0.5) is 5.69 Å². The SMILES string of the molecule is CCOC(=O)c1cc(C(=O)N[C@H]2CCCC[C@@H]2OCc2ccccc2)n(CC(=O)Nc2ccc3c(c2)OCO3)n1. The molecule has 2 aliphatic rings. The van der Waals surface area contributed by atoms with E-state index in [0.29, 0.717) is 23.8 Å². The van der Waals surface area contributed by atoms with Gasteiger partial charge in [-0.15, -0.1) is 0 Å². The lowest BCUT2D eigenvalue weighted by molar-refractivity contribution is -0.116. The van der Waals surface area contributed by atoms with Crippen molar-refractivity contribution in [2.24, 2.45) is 0 Å². The zero-order chi connectivity index (χ0) is 27.9. The summed E-state index contributed by atoms with van der Waals surface area (Å²) in [7, 11) is 0. The summed E-state index contributed by atoms with van der Waals surface area (Å²) < 4.78 is 23.1. The summed E-state index contributed by atoms with van der Waals surface area (Å²) in [5.74, 6) is -0.435. The van der Waals surface area contributed by atoms with E-state index >= 15 is 0 Å². The second kappa shape index (κ2) is 12.6. The Morgan fingerprint density at radius 1 is 1.02 bits per heavy atom. The number of nitrogens with zero attached hydrogens (tertiary/aromatic N) is 2. The first-order valence-electron chi connectivity index (χ1n) is 13.4. The molecule has 210 valence electrons. The molecule has 0 bridgehead atoms. The van der Waals surface area contributed by atoms with Gasteiger partial charge in [0.15, 0.2) is 17.2 Å². The van der Waals surface area contributed by atoms with Crippen molar-refractivity contribution in [3.8, 4) is 11.5 Å². The molecular weight excluding hydrogens is 516 g/mol. The number of nitrogens with one attached hydrogen (secondary N) is 2. The third kappa shape index (κ3) is 6.60. The fourth-order valence-corrected chi connectivity index (χ4v) is 4.82. The molecule has 2 heterocycles. The van der Waals surface area contributed by atoms with Crippen LogP contribution in [0.2, 0.25) is 0 Å². The molecule has 1 aliphatic heterocycles. The second-order valence-electron chi connectivity index (χ2n) is 9.61. The minimum absolute atomic E-state index is 0.0524. The van der Waals surface area contributed by atoms with Gasteiger partial charge in [0, 0.05) is 17.8 Å². The van der Waals surface area contributed by atoms with E-state index in [2.05, 4.69) is 15.7 Å². The van der Waals surface area contributed by atoms with Gasteiger partial charge in [0.05, 0.1) is 25.4 Å². The number of rotatable bonds is 10. The normalized spacial score (nSPS) is 17.7. The number of hydrogen-bond acceptors (Lipinski definition) is 8. The summed E-state index contributed by atoms with van der Waals surface area (Å²) in [5.41, 5.74) is 1.59. The molecule has 11 nitrogen and oxygen atoms in total. The molecule has 11 heteroatoms. The summed E-state index contributed by atoms with van der Waals surface area (Å²) in [6.07, 6.45) is 3.39. The second-order valence-corrected chi connectivity index (χ2v) is 9.61. The van der Waals surface area contributed by atoms with Crippen LogP contribution in [-0.4, -0.2) is 53.1 Å². The average molecular weight is 549 g/mol. The molecule has 1 aliphatic carbocycles. The quantitative estimate of drug-likeness (QED) is 0.367. The van der Waals surface area contributed by atoms with E-state index in [0.717, 1.165) is 31.2 Å². The van der Waals surface area contributed by atoms with Crippen LogP contribution in [0.15, 0.2) is 54.6 Å². The molecule has 5 rings (SSSR count). The Hall–Kier alpha value is -4.38. The van der Waals surface area contributed by atoms with Gasteiger partial charge in [-0.3, -0.25) is 9.59 Å². The van der Waals surface area contributed by atoms with E-state index in [9.17, 15) is 14.4 Å². The minimum Gasteiger partial charge on any atom is -0.461 e. The predicted octanol–water partition coefficient (Wildman–Crippen LogP) is 3.69. The van der Waals surface area contributed by atoms with Crippen LogP contribution < -0.4 is 20.1 Å². The van der Waals surface area contributed by atoms with Crippen molar-refractivity contribution in [2.75, 3.05) is 18.7 Å². The predicted molar refractivity (Wildman–Crippen MR) is 144 cm³/mol. The standard InChI is InChI=1S/C29H32N4O7/c1-2-37-29(36)22-15-23(33(32-22)16-27(34)30-20-12-13-25-26(14-20)40-18-39-25)28(35)31-21-10-6-7-11-24(21)38-17-19-8-4-3-5-9-19/h3-5,8-9,12-15,21,24H,2,6-7,10-11,16-18H2,1H3,(H,30,34)(H,31,35)/t21-,24-/m0/s1. The van der Waals surface area contributed by atoms with Gasteiger partial charge in [0.25, 0.3) is 5.91 Å². The molecule has 40 heavy (non-hydrogen) atoms. The van der Waals surface area contributed by atoms with Crippen molar-refractivity contribution in [3.05, 3.63) is 71.5 Å². The summed E-state index contributed by atoms with van der Waals surface area (Å²) in [6, 6.07) is 16.0.